The maximum absolute atomic E-state index is 11.8. The van der Waals surface area contributed by atoms with Crippen LogP contribution in [0.3, 0.4) is 0 Å². The standard InChI is InChI=1S/C17H31NO4/c1-5-6-7-8-9-10-11-12-17(21)22-15(13-16(19)20)14-18(2,3)4/h10-11,15H,5-9,12-14H2,1-4H3/b11-10-/t15-/m1/s1. The molecule has 0 aromatic heterocycles. The third kappa shape index (κ3) is 13.6. The topological polar surface area (TPSA) is 66.4 Å². The Bertz CT molecular complexity index is 358. The second kappa shape index (κ2) is 11.2. The van der Waals surface area contributed by atoms with Gasteiger partial charge in [0.25, 0.3) is 0 Å². The Kier molecular flexibility index (Phi) is 10.5. The van der Waals surface area contributed by atoms with Crippen molar-refractivity contribution in [1.82, 2.24) is 0 Å². The molecule has 0 aromatic carbocycles. The molecule has 0 N–H and O–H groups in total. The Morgan fingerprint density at radius 2 is 1.82 bits per heavy atom. The van der Waals surface area contributed by atoms with Crippen LogP contribution in [0.25, 0.3) is 0 Å². The minimum absolute atomic E-state index is 0.189. The van der Waals surface area contributed by atoms with Gasteiger partial charge in [0.05, 0.1) is 27.6 Å². The normalized spacial score (nSPS) is 13.3. The van der Waals surface area contributed by atoms with E-state index in [9.17, 15) is 14.7 Å². The molecule has 0 aromatic rings. The van der Waals surface area contributed by atoms with Crippen LogP contribution in [0.4, 0.5) is 0 Å². The molecule has 0 aliphatic carbocycles. The van der Waals surface area contributed by atoms with E-state index in [0.717, 1.165) is 12.8 Å². The SMILES string of the molecule is CCCCCC/C=C\CC(=O)O[C@H](CC(=O)[O-])C[N+](C)(C)C. The smallest absolute Gasteiger partial charge is 0.310 e. The van der Waals surface area contributed by atoms with Crippen LogP contribution in [0.15, 0.2) is 12.2 Å². The molecule has 0 heterocycles. The number of carbonyl (C=O) groups is 2. The second-order valence-corrected chi connectivity index (χ2v) is 6.69. The van der Waals surface area contributed by atoms with Crippen LogP contribution < -0.4 is 5.11 Å². The van der Waals surface area contributed by atoms with Gasteiger partial charge in [-0.15, -0.1) is 0 Å². The van der Waals surface area contributed by atoms with Gasteiger partial charge in [0.1, 0.15) is 6.54 Å². The Morgan fingerprint density at radius 1 is 1.14 bits per heavy atom. The van der Waals surface area contributed by atoms with Gasteiger partial charge in [-0.25, -0.2) is 0 Å². The van der Waals surface area contributed by atoms with E-state index < -0.39 is 12.1 Å². The molecule has 0 unspecified atom stereocenters. The summed E-state index contributed by atoms with van der Waals surface area (Å²) >= 11 is 0. The molecule has 5 nitrogen and oxygen atoms in total. The molecule has 0 rings (SSSR count). The van der Waals surface area contributed by atoms with Crippen LogP contribution in [-0.2, 0) is 14.3 Å². The summed E-state index contributed by atoms with van der Waals surface area (Å²) in [6.07, 6.45) is 8.84. The van der Waals surface area contributed by atoms with Gasteiger partial charge in [0.2, 0.25) is 0 Å². The first-order valence-electron chi connectivity index (χ1n) is 8.09. The average molecular weight is 313 g/mol. The number of aliphatic carboxylic acids is 1. The van der Waals surface area contributed by atoms with Crippen molar-refractivity contribution in [1.29, 1.82) is 0 Å². The highest BCUT2D eigenvalue weighted by Gasteiger charge is 2.21. The Hall–Kier alpha value is -1.36. The van der Waals surface area contributed by atoms with Crippen molar-refractivity contribution in [2.24, 2.45) is 0 Å². The summed E-state index contributed by atoms with van der Waals surface area (Å²) in [4.78, 5) is 22.5. The molecular formula is C17H31NO4. The number of hydrogen-bond donors (Lipinski definition) is 0. The van der Waals surface area contributed by atoms with Crippen molar-refractivity contribution < 1.29 is 23.9 Å². The lowest BCUT2D eigenvalue weighted by Gasteiger charge is -2.29. The maximum atomic E-state index is 11.8. The van der Waals surface area contributed by atoms with Crippen molar-refractivity contribution in [3.63, 3.8) is 0 Å². The Balaban J connectivity index is 4.11. The zero-order chi connectivity index (χ0) is 17.0. The van der Waals surface area contributed by atoms with Gasteiger partial charge >= 0.3 is 5.97 Å². The van der Waals surface area contributed by atoms with E-state index in [4.69, 9.17) is 4.74 Å². The first-order chi connectivity index (χ1) is 10.2. The molecule has 22 heavy (non-hydrogen) atoms. The van der Waals surface area contributed by atoms with E-state index in [1.165, 1.54) is 19.3 Å². The molecule has 0 saturated carbocycles. The van der Waals surface area contributed by atoms with E-state index >= 15 is 0 Å². The predicted octanol–water partition coefficient (Wildman–Crippen LogP) is 1.66. The molecule has 0 fully saturated rings. The van der Waals surface area contributed by atoms with Crippen molar-refractivity contribution in [2.75, 3.05) is 27.7 Å². The van der Waals surface area contributed by atoms with Crippen LogP contribution in [0, 0.1) is 0 Å². The number of carbonyl (C=O) groups excluding carboxylic acids is 2. The molecular weight excluding hydrogens is 282 g/mol. The maximum Gasteiger partial charge on any atom is 0.310 e. The van der Waals surface area contributed by atoms with E-state index in [1.54, 1.807) is 6.08 Å². The average Bonchev–Trinajstić information content (AvgIpc) is 2.34. The molecule has 5 heteroatoms. The van der Waals surface area contributed by atoms with Crippen LogP contribution in [0.1, 0.15) is 51.9 Å². The molecule has 0 amide bonds. The van der Waals surface area contributed by atoms with Crippen LogP contribution in [0.5, 0.6) is 0 Å². The molecule has 0 spiro atoms. The second-order valence-electron chi connectivity index (χ2n) is 6.69. The van der Waals surface area contributed by atoms with Crippen LogP contribution in [0.2, 0.25) is 0 Å². The number of nitrogens with zero attached hydrogens (tertiary/aromatic N) is 1. The first-order valence-corrected chi connectivity index (χ1v) is 8.09. The van der Waals surface area contributed by atoms with Gasteiger partial charge in [0.15, 0.2) is 6.10 Å². The summed E-state index contributed by atoms with van der Waals surface area (Å²) in [7, 11) is 5.77. The number of quaternary nitrogens is 1. The van der Waals surface area contributed by atoms with Gasteiger partial charge in [-0.3, -0.25) is 4.79 Å². The van der Waals surface area contributed by atoms with Crippen LogP contribution in [-0.4, -0.2) is 50.2 Å². The highest BCUT2D eigenvalue weighted by molar-refractivity contribution is 5.72. The number of ether oxygens (including phenoxy) is 1. The molecule has 0 saturated heterocycles. The van der Waals surface area contributed by atoms with E-state index in [-0.39, 0.29) is 18.8 Å². The summed E-state index contributed by atoms with van der Waals surface area (Å²) in [6, 6.07) is 0. The monoisotopic (exact) mass is 313 g/mol. The zero-order valence-electron chi connectivity index (χ0n) is 14.5. The number of hydrogen-bond acceptors (Lipinski definition) is 4. The van der Waals surface area contributed by atoms with Gasteiger partial charge in [-0.1, -0.05) is 38.3 Å². The highest BCUT2D eigenvalue weighted by atomic mass is 16.5. The number of esters is 1. The van der Waals surface area contributed by atoms with Crippen LogP contribution >= 0.6 is 0 Å². The minimum Gasteiger partial charge on any atom is -0.550 e. The Morgan fingerprint density at radius 3 is 2.36 bits per heavy atom. The van der Waals surface area contributed by atoms with Gasteiger partial charge in [-0.05, 0) is 12.8 Å². The minimum atomic E-state index is -1.20. The third-order valence-corrected chi connectivity index (χ3v) is 3.12. The van der Waals surface area contributed by atoms with E-state index in [1.807, 2.05) is 27.2 Å². The Labute approximate surface area is 134 Å². The summed E-state index contributed by atoms with van der Waals surface area (Å²) in [6.45, 7) is 2.62. The fourth-order valence-electron chi connectivity index (χ4n) is 2.16. The van der Waals surface area contributed by atoms with Crippen molar-refractivity contribution in [3.05, 3.63) is 12.2 Å². The third-order valence-electron chi connectivity index (χ3n) is 3.12. The molecule has 0 bridgehead atoms. The van der Waals surface area contributed by atoms with Crippen molar-refractivity contribution >= 4 is 11.9 Å². The largest absolute Gasteiger partial charge is 0.550 e. The molecule has 0 aliphatic rings. The highest BCUT2D eigenvalue weighted by Crippen LogP contribution is 2.07. The van der Waals surface area contributed by atoms with E-state index in [2.05, 4.69) is 6.92 Å². The lowest BCUT2D eigenvalue weighted by atomic mass is 10.1. The lowest BCUT2D eigenvalue weighted by Crippen LogP contribution is -2.45. The number of carboxylic acid groups (broad SMARTS) is 1. The van der Waals surface area contributed by atoms with Gasteiger partial charge < -0.3 is 19.1 Å². The lowest BCUT2D eigenvalue weighted by molar-refractivity contribution is -0.873. The number of allylic oxidation sites excluding steroid dienone is 1. The molecule has 0 aliphatic heterocycles. The van der Waals surface area contributed by atoms with Gasteiger partial charge in [0, 0.05) is 12.4 Å². The van der Waals surface area contributed by atoms with Crippen molar-refractivity contribution in [3.8, 4) is 0 Å². The predicted molar refractivity (Wildman–Crippen MR) is 84.9 cm³/mol. The fourth-order valence-corrected chi connectivity index (χ4v) is 2.16. The quantitative estimate of drug-likeness (QED) is 0.238. The summed E-state index contributed by atoms with van der Waals surface area (Å²) < 4.78 is 5.78. The summed E-state index contributed by atoms with van der Waals surface area (Å²) in [5.41, 5.74) is 0. The van der Waals surface area contributed by atoms with E-state index in [0.29, 0.717) is 11.0 Å². The summed E-state index contributed by atoms with van der Waals surface area (Å²) in [5.74, 6) is -1.58. The molecule has 128 valence electrons. The molecule has 1 atom stereocenters. The number of unbranched alkanes of at least 4 members (excludes halogenated alkanes) is 4. The number of carboxylic acids is 1. The molecule has 0 radical (unpaired) electrons. The number of rotatable bonds is 12. The first kappa shape index (κ1) is 20.6. The number of likely N-dealkylation sites (N-methyl/N-ethyl adjacent to an activating group) is 1. The fraction of sp³-hybridized carbons (Fsp3) is 0.765. The van der Waals surface area contributed by atoms with Crippen molar-refractivity contribution in [2.45, 2.75) is 58.0 Å². The van der Waals surface area contributed by atoms with Gasteiger partial charge in [-0.2, -0.15) is 0 Å². The zero-order valence-corrected chi connectivity index (χ0v) is 14.5. The summed E-state index contributed by atoms with van der Waals surface area (Å²) in [5, 5.41) is 10.7.